The van der Waals surface area contributed by atoms with Crippen LogP contribution in [0.2, 0.25) is 5.02 Å². The Bertz CT molecular complexity index is 691. The number of ether oxygens (including phenoxy) is 2. The van der Waals surface area contributed by atoms with Crippen molar-refractivity contribution in [2.45, 2.75) is 13.0 Å². The lowest BCUT2D eigenvalue weighted by molar-refractivity contribution is 0.112. The number of nitrogens with two attached hydrogens (primary N) is 1. The van der Waals surface area contributed by atoms with Crippen molar-refractivity contribution in [1.82, 2.24) is 4.98 Å². The van der Waals surface area contributed by atoms with Crippen LogP contribution >= 0.6 is 11.6 Å². The number of nitrogens with zero attached hydrogens (tertiary/aromatic N) is 1. The number of hydrogen-bond donors (Lipinski definition) is 1. The predicted octanol–water partition coefficient (Wildman–Crippen LogP) is 3.15. The Labute approximate surface area is 131 Å². The number of aldehydes is 1. The van der Waals surface area contributed by atoms with E-state index in [1.54, 1.807) is 25.3 Å². The van der Waals surface area contributed by atoms with Crippen LogP contribution in [0, 0.1) is 0 Å². The Morgan fingerprint density at radius 2 is 2.14 bits per heavy atom. The van der Waals surface area contributed by atoms with Crippen LogP contribution in [0.25, 0.3) is 0 Å². The fourth-order valence-electron chi connectivity index (χ4n) is 1.80. The molecule has 0 bridgehead atoms. The van der Waals surface area contributed by atoms with Crippen LogP contribution in [0.4, 0.5) is 4.79 Å². The largest absolute Gasteiger partial charge is 0.483 e. The molecule has 114 valence electrons. The second-order valence-corrected chi connectivity index (χ2v) is 4.78. The van der Waals surface area contributed by atoms with Crippen LogP contribution in [0.5, 0.6) is 11.5 Å². The summed E-state index contributed by atoms with van der Waals surface area (Å²) in [6.07, 6.45) is 0.737. The third kappa shape index (κ3) is 3.73. The average Bonchev–Trinajstić information content (AvgIpc) is 2.50. The predicted molar refractivity (Wildman–Crippen MR) is 80.3 cm³/mol. The first kappa shape index (κ1) is 15.8. The van der Waals surface area contributed by atoms with E-state index >= 15 is 0 Å². The summed E-state index contributed by atoms with van der Waals surface area (Å²) in [6, 6.07) is 8.12. The van der Waals surface area contributed by atoms with Gasteiger partial charge in [-0.1, -0.05) is 17.7 Å². The van der Waals surface area contributed by atoms with Crippen molar-refractivity contribution in [2.75, 3.05) is 0 Å². The van der Waals surface area contributed by atoms with Crippen molar-refractivity contribution in [1.29, 1.82) is 0 Å². The van der Waals surface area contributed by atoms with Crippen LogP contribution in [-0.2, 0) is 0 Å². The highest BCUT2D eigenvalue weighted by Gasteiger charge is 2.16. The normalized spacial score (nSPS) is 11.5. The van der Waals surface area contributed by atoms with Gasteiger partial charge in [0.25, 0.3) is 0 Å². The molecular weight excluding hydrogens is 308 g/mol. The van der Waals surface area contributed by atoms with Gasteiger partial charge in [-0.15, -0.1) is 0 Å². The first-order valence-electron chi connectivity index (χ1n) is 6.35. The summed E-state index contributed by atoms with van der Waals surface area (Å²) >= 11 is 6.07. The van der Waals surface area contributed by atoms with E-state index in [-0.39, 0.29) is 28.2 Å². The number of rotatable bonds is 5. The summed E-state index contributed by atoms with van der Waals surface area (Å²) < 4.78 is 10.5. The van der Waals surface area contributed by atoms with Crippen LogP contribution in [-0.4, -0.2) is 17.4 Å². The van der Waals surface area contributed by atoms with Crippen molar-refractivity contribution < 1.29 is 19.1 Å². The molecule has 6 nitrogen and oxygen atoms in total. The van der Waals surface area contributed by atoms with E-state index in [0.29, 0.717) is 12.0 Å². The molecule has 0 spiro atoms. The molecule has 22 heavy (non-hydrogen) atoms. The van der Waals surface area contributed by atoms with Crippen LogP contribution in [0.15, 0.2) is 36.5 Å². The van der Waals surface area contributed by atoms with E-state index < -0.39 is 6.09 Å². The maximum absolute atomic E-state index is 11.0. The number of aromatic nitrogens is 1. The summed E-state index contributed by atoms with van der Waals surface area (Å²) in [5, 5.41) is 0.210. The van der Waals surface area contributed by atoms with Crippen molar-refractivity contribution in [3.63, 3.8) is 0 Å². The van der Waals surface area contributed by atoms with Gasteiger partial charge < -0.3 is 15.2 Å². The summed E-state index contributed by atoms with van der Waals surface area (Å²) in [4.78, 5) is 26.0. The topological polar surface area (TPSA) is 91.5 Å². The smallest absolute Gasteiger partial charge is 0.409 e. The monoisotopic (exact) mass is 320 g/mol. The van der Waals surface area contributed by atoms with E-state index in [2.05, 4.69) is 4.98 Å². The summed E-state index contributed by atoms with van der Waals surface area (Å²) in [5.74, 6) is 0.233. The molecule has 0 radical (unpaired) electrons. The van der Waals surface area contributed by atoms with Gasteiger partial charge in [-0.25, -0.2) is 4.79 Å². The Balaban J connectivity index is 2.30. The number of carbonyl (C=O) groups excluding carboxylic acids is 2. The zero-order valence-corrected chi connectivity index (χ0v) is 12.4. The van der Waals surface area contributed by atoms with Crippen LogP contribution in [0.3, 0.4) is 0 Å². The lowest BCUT2D eigenvalue weighted by atomic mass is 10.2. The Morgan fingerprint density at radius 1 is 1.36 bits per heavy atom. The highest BCUT2D eigenvalue weighted by Crippen LogP contribution is 2.34. The summed E-state index contributed by atoms with van der Waals surface area (Å²) in [5.41, 5.74) is 5.77. The number of primary amides is 1. The minimum absolute atomic E-state index is 0.0184. The van der Waals surface area contributed by atoms with E-state index in [4.69, 9.17) is 26.8 Å². The quantitative estimate of drug-likeness (QED) is 0.854. The van der Waals surface area contributed by atoms with Crippen molar-refractivity contribution in [2.24, 2.45) is 5.73 Å². The molecule has 0 aliphatic carbocycles. The van der Waals surface area contributed by atoms with Gasteiger partial charge in [0.2, 0.25) is 0 Å². The zero-order valence-electron chi connectivity index (χ0n) is 11.7. The third-order valence-electron chi connectivity index (χ3n) is 2.81. The number of hydrogen-bond acceptors (Lipinski definition) is 5. The van der Waals surface area contributed by atoms with E-state index in [9.17, 15) is 9.59 Å². The highest BCUT2D eigenvalue weighted by atomic mass is 35.5. The molecule has 0 aliphatic heterocycles. The number of pyridine rings is 1. The SMILES string of the molecule is CC(Oc1cc(OC(N)=O)c(C=O)cc1Cl)c1ccccn1. The first-order valence-corrected chi connectivity index (χ1v) is 6.72. The zero-order chi connectivity index (χ0) is 16.1. The number of benzene rings is 1. The average molecular weight is 321 g/mol. The molecule has 1 heterocycles. The minimum atomic E-state index is -1.03. The van der Waals surface area contributed by atoms with Gasteiger partial charge in [0.05, 0.1) is 16.3 Å². The maximum atomic E-state index is 11.0. The lowest BCUT2D eigenvalue weighted by Gasteiger charge is -2.16. The van der Waals surface area contributed by atoms with Gasteiger partial charge >= 0.3 is 6.09 Å². The molecule has 0 aliphatic rings. The molecule has 1 aromatic carbocycles. The number of halogens is 1. The molecule has 2 aromatic rings. The second-order valence-electron chi connectivity index (χ2n) is 4.37. The van der Waals surface area contributed by atoms with Gasteiger partial charge in [-0.3, -0.25) is 9.78 Å². The Kier molecular flexibility index (Phi) is 4.95. The van der Waals surface area contributed by atoms with Crippen molar-refractivity contribution in [3.8, 4) is 11.5 Å². The summed E-state index contributed by atoms with van der Waals surface area (Å²) in [6.45, 7) is 1.79. The molecule has 7 heteroatoms. The summed E-state index contributed by atoms with van der Waals surface area (Å²) in [7, 11) is 0. The van der Waals surface area contributed by atoms with Gasteiger partial charge in [-0.2, -0.15) is 0 Å². The van der Waals surface area contributed by atoms with Crippen molar-refractivity contribution in [3.05, 3.63) is 52.8 Å². The van der Waals surface area contributed by atoms with Crippen LogP contribution < -0.4 is 15.2 Å². The molecule has 1 aromatic heterocycles. The Hall–Kier alpha value is -2.60. The molecule has 2 N–H and O–H groups in total. The Morgan fingerprint density at radius 3 is 2.73 bits per heavy atom. The van der Waals surface area contributed by atoms with Crippen molar-refractivity contribution >= 4 is 24.0 Å². The molecule has 0 saturated heterocycles. The molecule has 0 fully saturated rings. The van der Waals surface area contributed by atoms with E-state index in [1.165, 1.54) is 12.1 Å². The first-order chi connectivity index (χ1) is 10.5. The number of carbonyl (C=O) groups is 2. The van der Waals surface area contributed by atoms with Crippen LogP contribution in [0.1, 0.15) is 29.1 Å². The highest BCUT2D eigenvalue weighted by molar-refractivity contribution is 6.32. The third-order valence-corrected chi connectivity index (χ3v) is 3.11. The lowest BCUT2D eigenvalue weighted by Crippen LogP contribution is -2.17. The molecule has 1 atom stereocenters. The molecule has 1 unspecified atom stereocenters. The molecular formula is C15H13ClN2O4. The van der Waals surface area contributed by atoms with E-state index in [1.807, 2.05) is 6.07 Å². The molecule has 2 rings (SSSR count). The fourth-order valence-corrected chi connectivity index (χ4v) is 2.01. The maximum Gasteiger partial charge on any atom is 0.409 e. The number of amides is 1. The standard InChI is InChI=1S/C15H13ClN2O4/c1-9(12-4-2-3-5-18-12)21-14-7-13(22-15(17)20)10(8-19)6-11(14)16/h2-9H,1H3,(H2,17,20). The van der Waals surface area contributed by atoms with Gasteiger partial charge in [0.1, 0.15) is 17.6 Å². The molecule has 1 amide bonds. The van der Waals surface area contributed by atoms with Gasteiger partial charge in [0, 0.05) is 12.3 Å². The molecule has 0 saturated carbocycles. The second kappa shape index (κ2) is 6.91. The van der Waals surface area contributed by atoms with Gasteiger partial charge in [-0.05, 0) is 25.1 Å². The minimum Gasteiger partial charge on any atom is -0.483 e. The van der Waals surface area contributed by atoms with Gasteiger partial charge in [0.15, 0.2) is 6.29 Å². The van der Waals surface area contributed by atoms with E-state index in [0.717, 1.165) is 0 Å². The fraction of sp³-hybridized carbons (Fsp3) is 0.133.